The predicted octanol–water partition coefficient (Wildman–Crippen LogP) is -0.503. The number of carboxylic acids is 1. The quantitative estimate of drug-likeness (QED) is 0.253. The molecule has 1 aromatic carbocycles. The van der Waals surface area contributed by atoms with Crippen LogP contribution in [0.15, 0.2) is 35.3 Å². The minimum atomic E-state index is -1.27. The number of H-pyrrole nitrogens is 1. The van der Waals surface area contributed by atoms with Gasteiger partial charge in [0.05, 0.1) is 18.4 Å². The van der Waals surface area contributed by atoms with Gasteiger partial charge in [-0.3, -0.25) is 19.4 Å². The Balaban J connectivity index is 1.61. The lowest BCUT2D eigenvalue weighted by atomic mass is 10.1. The molecule has 3 radical (unpaired) electrons. The minimum absolute atomic E-state index is 0.0483. The third-order valence-corrected chi connectivity index (χ3v) is 4.69. The van der Waals surface area contributed by atoms with Gasteiger partial charge in [-0.25, -0.2) is 14.8 Å². The molecule has 33 heavy (non-hydrogen) atoms. The first-order valence-electron chi connectivity index (χ1n) is 9.52. The summed E-state index contributed by atoms with van der Waals surface area (Å²) in [5.74, 6) is -2.57. The SMILES string of the molecule is Nc1nc2ncc(CNc3ccc(C(=O)N[C@@H](CCC(=O)O[Si])C(=O)O)cc3)nc2c(=O)[nH]1. The normalized spacial score (nSPS) is 11.5. The number of aromatic amines is 1. The summed E-state index contributed by atoms with van der Waals surface area (Å²) >= 11 is 0. The lowest BCUT2D eigenvalue weighted by Crippen LogP contribution is -2.41. The molecule has 6 N–H and O–H groups in total. The molecule has 0 bridgehead atoms. The maximum absolute atomic E-state index is 12.4. The van der Waals surface area contributed by atoms with Crippen molar-refractivity contribution in [3.8, 4) is 0 Å². The highest BCUT2D eigenvalue weighted by molar-refractivity contribution is 6.05. The van der Waals surface area contributed by atoms with E-state index in [9.17, 15) is 24.3 Å². The molecule has 2 heterocycles. The van der Waals surface area contributed by atoms with E-state index in [-0.39, 0.29) is 42.1 Å². The number of nitrogens with two attached hydrogens (primary N) is 1. The summed E-state index contributed by atoms with van der Waals surface area (Å²) in [4.78, 5) is 61.4. The van der Waals surface area contributed by atoms with E-state index in [4.69, 9.17) is 5.73 Å². The van der Waals surface area contributed by atoms with Crippen molar-refractivity contribution in [1.29, 1.82) is 0 Å². The zero-order valence-corrected chi connectivity index (χ0v) is 18.0. The molecular weight excluding hydrogens is 450 g/mol. The number of rotatable bonds is 9. The van der Waals surface area contributed by atoms with Crippen LogP contribution < -0.4 is 21.9 Å². The minimum Gasteiger partial charge on any atom is -0.516 e. The Labute approximate surface area is 189 Å². The van der Waals surface area contributed by atoms with Crippen LogP contribution >= 0.6 is 0 Å². The van der Waals surface area contributed by atoms with Crippen LogP contribution in [0, 0.1) is 0 Å². The molecule has 0 saturated heterocycles. The molecule has 2 aromatic heterocycles. The van der Waals surface area contributed by atoms with E-state index >= 15 is 0 Å². The average molecular weight is 468 g/mol. The fraction of sp³-hybridized carbons (Fsp3) is 0.211. The molecule has 169 valence electrons. The summed E-state index contributed by atoms with van der Waals surface area (Å²) in [5, 5.41) is 14.7. The van der Waals surface area contributed by atoms with Gasteiger partial charge in [-0.05, 0) is 30.7 Å². The van der Waals surface area contributed by atoms with E-state index in [1.807, 2.05) is 0 Å². The van der Waals surface area contributed by atoms with Crippen molar-refractivity contribution in [3.63, 3.8) is 0 Å². The maximum atomic E-state index is 12.4. The van der Waals surface area contributed by atoms with Crippen LogP contribution in [0.25, 0.3) is 11.2 Å². The molecule has 0 aliphatic heterocycles. The van der Waals surface area contributed by atoms with Crippen molar-refractivity contribution < 1.29 is 23.9 Å². The lowest BCUT2D eigenvalue weighted by molar-refractivity contribution is -0.140. The number of nitrogens with zero attached hydrogens (tertiary/aromatic N) is 3. The number of carbonyl (C=O) groups excluding carboxylic acids is 2. The largest absolute Gasteiger partial charge is 0.516 e. The molecule has 3 rings (SSSR count). The van der Waals surface area contributed by atoms with Crippen molar-refractivity contribution >= 4 is 51.1 Å². The standard InChI is InChI=1S/C19H18N7O6Si/c20-19-25-15-14(17(29)26-19)23-11(8-22-15)7-21-10-3-1-9(2-4-10)16(28)24-12(18(30)31)5-6-13(27)32-33/h1-4,8,12,21H,5-7H2,(H,24,28)(H,30,31)(H3,20,22,25,26,29)/t12-/m0/s1. The smallest absolute Gasteiger partial charge is 0.345 e. The number of hydrogen-bond donors (Lipinski definition) is 5. The van der Waals surface area contributed by atoms with Crippen LogP contribution in [0.3, 0.4) is 0 Å². The number of aliphatic carboxylic acids is 1. The predicted molar refractivity (Wildman–Crippen MR) is 116 cm³/mol. The van der Waals surface area contributed by atoms with Crippen LogP contribution in [0.1, 0.15) is 28.9 Å². The average Bonchev–Trinajstić information content (AvgIpc) is 2.80. The summed E-state index contributed by atoms with van der Waals surface area (Å²) in [6, 6.07) is 5.01. The van der Waals surface area contributed by atoms with E-state index in [1.54, 1.807) is 12.1 Å². The Morgan fingerprint density at radius 2 is 1.94 bits per heavy atom. The monoisotopic (exact) mass is 468 g/mol. The number of carboxylic acid groups (broad SMARTS) is 1. The van der Waals surface area contributed by atoms with E-state index in [2.05, 4.69) is 45.5 Å². The molecule has 1 atom stereocenters. The van der Waals surface area contributed by atoms with Crippen LogP contribution in [0.5, 0.6) is 0 Å². The van der Waals surface area contributed by atoms with Crippen molar-refractivity contribution in [2.24, 2.45) is 0 Å². The summed E-state index contributed by atoms with van der Waals surface area (Å²) in [6.07, 6.45) is 1.15. The van der Waals surface area contributed by atoms with Gasteiger partial charge < -0.3 is 25.9 Å². The third-order valence-electron chi connectivity index (χ3n) is 4.46. The van der Waals surface area contributed by atoms with E-state index < -0.39 is 29.4 Å². The van der Waals surface area contributed by atoms with Crippen LogP contribution in [0.2, 0.25) is 0 Å². The first-order valence-corrected chi connectivity index (χ1v) is 9.93. The van der Waals surface area contributed by atoms with Crippen LogP contribution in [-0.4, -0.2) is 59.4 Å². The first-order chi connectivity index (χ1) is 15.8. The highest BCUT2D eigenvalue weighted by Gasteiger charge is 2.21. The van der Waals surface area contributed by atoms with Crippen molar-refractivity contribution in [2.45, 2.75) is 25.4 Å². The second kappa shape index (κ2) is 10.3. The van der Waals surface area contributed by atoms with Gasteiger partial charge in [0, 0.05) is 17.7 Å². The lowest BCUT2D eigenvalue weighted by Gasteiger charge is -2.14. The Hall–Kier alpha value is -4.33. The zero-order chi connectivity index (χ0) is 24.0. The second-order valence-corrected chi connectivity index (χ2v) is 7.00. The Kier molecular flexibility index (Phi) is 7.30. The van der Waals surface area contributed by atoms with Crippen LogP contribution in [0.4, 0.5) is 11.6 Å². The third kappa shape index (κ3) is 6.10. The molecule has 14 heteroatoms. The topological polar surface area (TPSA) is 202 Å². The Bertz CT molecular complexity index is 1250. The highest BCUT2D eigenvalue weighted by Crippen LogP contribution is 2.12. The summed E-state index contributed by atoms with van der Waals surface area (Å²) in [5.41, 5.74) is 6.54. The molecule has 0 aliphatic rings. The number of nitrogens with one attached hydrogen (secondary N) is 3. The number of fused-ring (bicyclic) bond motifs is 1. The summed E-state index contributed by atoms with van der Waals surface area (Å²) < 4.78 is 4.29. The number of amides is 1. The Morgan fingerprint density at radius 1 is 1.21 bits per heavy atom. The number of hydrogen-bond acceptors (Lipinski definition) is 10. The van der Waals surface area contributed by atoms with Crippen molar-refractivity contribution in [3.05, 3.63) is 52.1 Å². The molecule has 13 nitrogen and oxygen atoms in total. The van der Waals surface area contributed by atoms with Gasteiger partial charge in [0.1, 0.15) is 6.04 Å². The number of nitrogen functional groups attached to an aromatic ring is 1. The van der Waals surface area contributed by atoms with Crippen molar-refractivity contribution in [2.75, 3.05) is 11.1 Å². The van der Waals surface area contributed by atoms with Gasteiger partial charge in [0.2, 0.25) is 5.95 Å². The van der Waals surface area contributed by atoms with Gasteiger partial charge in [0.15, 0.2) is 11.2 Å². The maximum Gasteiger partial charge on any atom is 0.345 e. The zero-order valence-electron chi connectivity index (χ0n) is 17.0. The molecule has 0 unspecified atom stereocenters. The number of aromatic nitrogens is 4. The fourth-order valence-corrected chi connectivity index (χ4v) is 2.90. The summed E-state index contributed by atoms with van der Waals surface area (Å²) in [7, 11) is 2.57. The molecule has 3 aromatic rings. The van der Waals surface area contributed by atoms with Gasteiger partial charge in [-0.1, -0.05) is 0 Å². The molecule has 0 spiro atoms. The van der Waals surface area contributed by atoms with Gasteiger partial charge in [-0.2, -0.15) is 4.98 Å². The number of carbonyl (C=O) groups is 3. The molecule has 0 fully saturated rings. The van der Waals surface area contributed by atoms with Gasteiger partial charge in [0.25, 0.3) is 17.4 Å². The number of anilines is 2. The molecule has 0 aliphatic carbocycles. The molecular formula is C19H18N7O6Si. The van der Waals surface area contributed by atoms with E-state index in [0.717, 1.165) is 0 Å². The number of benzene rings is 1. The van der Waals surface area contributed by atoms with Crippen molar-refractivity contribution in [1.82, 2.24) is 25.3 Å². The fourth-order valence-electron chi connectivity index (χ4n) is 2.80. The van der Waals surface area contributed by atoms with Gasteiger partial charge >= 0.3 is 16.5 Å². The van der Waals surface area contributed by atoms with Crippen LogP contribution in [-0.2, 0) is 20.6 Å². The molecule has 0 saturated carbocycles. The second-order valence-electron chi connectivity index (χ2n) is 6.79. The van der Waals surface area contributed by atoms with E-state index in [1.165, 1.54) is 18.3 Å². The Morgan fingerprint density at radius 3 is 2.61 bits per heavy atom. The first kappa shape index (κ1) is 23.3. The van der Waals surface area contributed by atoms with E-state index in [0.29, 0.717) is 11.4 Å². The molecule has 1 amide bonds. The van der Waals surface area contributed by atoms with Gasteiger partial charge in [-0.15, -0.1) is 0 Å². The summed E-state index contributed by atoms with van der Waals surface area (Å²) in [6.45, 7) is 0.239. The highest BCUT2D eigenvalue weighted by atomic mass is 28.2.